The summed E-state index contributed by atoms with van der Waals surface area (Å²) in [5, 5.41) is 0. The van der Waals surface area contributed by atoms with Crippen LogP contribution in [-0.4, -0.2) is 9.38 Å². The van der Waals surface area contributed by atoms with Gasteiger partial charge in [0.1, 0.15) is 11.5 Å². The largest absolute Gasteiger partial charge is 0.303 e. The molecule has 0 unspecified atom stereocenters. The van der Waals surface area contributed by atoms with Crippen LogP contribution in [0.3, 0.4) is 0 Å². The second-order valence-corrected chi connectivity index (χ2v) is 5.50. The Bertz CT molecular complexity index is 774. The first-order valence-electron chi connectivity index (χ1n) is 7.38. The van der Waals surface area contributed by atoms with E-state index in [1.165, 1.54) is 17.3 Å². The molecule has 0 aliphatic carbocycles. The quantitative estimate of drug-likeness (QED) is 0.696. The van der Waals surface area contributed by atoms with Crippen molar-refractivity contribution in [3.05, 3.63) is 70.9 Å². The smallest absolute Gasteiger partial charge is 0.137 e. The predicted octanol–water partition coefficient (Wildman–Crippen LogP) is 4.33. The lowest BCUT2D eigenvalue weighted by molar-refractivity contribution is 0.626. The molecule has 0 saturated carbocycles. The van der Waals surface area contributed by atoms with Gasteiger partial charge in [0.15, 0.2) is 0 Å². The number of aromatic nitrogens is 2. The zero-order valence-electron chi connectivity index (χ0n) is 12.4. The maximum Gasteiger partial charge on any atom is 0.137 e. The number of halogens is 1. The van der Waals surface area contributed by atoms with E-state index in [9.17, 15) is 4.39 Å². The molecule has 2 aromatic heterocycles. The molecule has 0 spiro atoms. The molecule has 0 N–H and O–H groups in total. The number of benzene rings is 1. The standard InChI is InChI=1S/C18H19FN2/c1-3-5-16-17(11-14-6-4-7-15(19)10-14)21-12-13(2)8-9-18(21)20-16/h4,6-10,12H,3,5,11H2,1-2H3. The van der Waals surface area contributed by atoms with Gasteiger partial charge in [-0.3, -0.25) is 0 Å². The van der Waals surface area contributed by atoms with Gasteiger partial charge in [-0.05, 0) is 42.7 Å². The molecule has 3 aromatic rings. The summed E-state index contributed by atoms with van der Waals surface area (Å²) >= 11 is 0. The van der Waals surface area contributed by atoms with Crippen molar-refractivity contribution in [2.75, 3.05) is 0 Å². The van der Waals surface area contributed by atoms with Crippen molar-refractivity contribution in [1.82, 2.24) is 9.38 Å². The summed E-state index contributed by atoms with van der Waals surface area (Å²) < 4.78 is 15.5. The van der Waals surface area contributed by atoms with Crippen LogP contribution in [-0.2, 0) is 12.8 Å². The monoisotopic (exact) mass is 282 g/mol. The van der Waals surface area contributed by atoms with Gasteiger partial charge in [0.25, 0.3) is 0 Å². The zero-order chi connectivity index (χ0) is 14.8. The molecule has 2 heterocycles. The van der Waals surface area contributed by atoms with Gasteiger partial charge in [-0.2, -0.15) is 0 Å². The highest BCUT2D eigenvalue weighted by molar-refractivity contribution is 5.46. The molecule has 0 saturated heterocycles. The second kappa shape index (κ2) is 5.68. The number of aryl methyl sites for hydroxylation is 2. The van der Waals surface area contributed by atoms with E-state index in [4.69, 9.17) is 4.98 Å². The minimum Gasteiger partial charge on any atom is -0.303 e. The molecular weight excluding hydrogens is 263 g/mol. The maximum absolute atomic E-state index is 13.4. The summed E-state index contributed by atoms with van der Waals surface area (Å²) in [6.45, 7) is 4.23. The first kappa shape index (κ1) is 13.8. The van der Waals surface area contributed by atoms with Crippen LogP contribution in [0.2, 0.25) is 0 Å². The number of pyridine rings is 1. The van der Waals surface area contributed by atoms with Gasteiger partial charge < -0.3 is 4.40 Å². The van der Waals surface area contributed by atoms with E-state index in [1.54, 1.807) is 12.1 Å². The third kappa shape index (κ3) is 2.82. The fourth-order valence-electron chi connectivity index (χ4n) is 2.71. The van der Waals surface area contributed by atoms with Crippen molar-refractivity contribution in [2.45, 2.75) is 33.1 Å². The minimum atomic E-state index is -0.186. The van der Waals surface area contributed by atoms with Crippen LogP contribution >= 0.6 is 0 Å². The average molecular weight is 282 g/mol. The van der Waals surface area contributed by atoms with Crippen molar-refractivity contribution >= 4 is 5.65 Å². The van der Waals surface area contributed by atoms with Crippen molar-refractivity contribution in [3.8, 4) is 0 Å². The Morgan fingerprint density at radius 3 is 2.81 bits per heavy atom. The summed E-state index contributed by atoms with van der Waals surface area (Å²) in [5.74, 6) is -0.186. The van der Waals surface area contributed by atoms with E-state index in [0.29, 0.717) is 6.42 Å². The topological polar surface area (TPSA) is 17.3 Å². The molecule has 108 valence electrons. The van der Waals surface area contributed by atoms with Crippen LogP contribution < -0.4 is 0 Å². The summed E-state index contributed by atoms with van der Waals surface area (Å²) in [6, 6.07) is 10.9. The molecule has 3 rings (SSSR count). The van der Waals surface area contributed by atoms with E-state index in [1.807, 2.05) is 12.1 Å². The third-order valence-corrected chi connectivity index (χ3v) is 3.70. The molecule has 0 fully saturated rings. The molecule has 2 nitrogen and oxygen atoms in total. The lowest BCUT2D eigenvalue weighted by Gasteiger charge is -2.06. The van der Waals surface area contributed by atoms with E-state index in [0.717, 1.165) is 29.7 Å². The summed E-state index contributed by atoms with van der Waals surface area (Å²) in [6.07, 6.45) is 4.82. The molecule has 21 heavy (non-hydrogen) atoms. The summed E-state index contributed by atoms with van der Waals surface area (Å²) in [4.78, 5) is 4.73. The van der Waals surface area contributed by atoms with Crippen LogP contribution in [0.1, 0.15) is 35.9 Å². The van der Waals surface area contributed by atoms with Gasteiger partial charge in [0, 0.05) is 12.6 Å². The van der Waals surface area contributed by atoms with E-state index >= 15 is 0 Å². The second-order valence-electron chi connectivity index (χ2n) is 5.50. The molecular formula is C18H19FN2. The van der Waals surface area contributed by atoms with Gasteiger partial charge in [-0.25, -0.2) is 9.37 Å². The first-order valence-corrected chi connectivity index (χ1v) is 7.38. The van der Waals surface area contributed by atoms with Crippen LogP contribution in [0.5, 0.6) is 0 Å². The average Bonchev–Trinajstić information content (AvgIpc) is 2.77. The van der Waals surface area contributed by atoms with Crippen LogP contribution in [0.15, 0.2) is 42.6 Å². The lowest BCUT2D eigenvalue weighted by atomic mass is 10.1. The van der Waals surface area contributed by atoms with Gasteiger partial charge in [-0.15, -0.1) is 0 Å². The highest BCUT2D eigenvalue weighted by Gasteiger charge is 2.12. The number of hydrogen-bond acceptors (Lipinski definition) is 1. The van der Waals surface area contributed by atoms with Crippen molar-refractivity contribution in [1.29, 1.82) is 0 Å². The Kier molecular flexibility index (Phi) is 3.74. The van der Waals surface area contributed by atoms with Gasteiger partial charge >= 0.3 is 0 Å². The van der Waals surface area contributed by atoms with E-state index < -0.39 is 0 Å². The Morgan fingerprint density at radius 1 is 1.19 bits per heavy atom. The molecule has 0 amide bonds. The molecule has 0 radical (unpaired) electrons. The highest BCUT2D eigenvalue weighted by atomic mass is 19.1. The van der Waals surface area contributed by atoms with Gasteiger partial charge in [-0.1, -0.05) is 31.5 Å². The fraction of sp³-hybridized carbons (Fsp3) is 0.278. The van der Waals surface area contributed by atoms with Crippen LogP contribution in [0.25, 0.3) is 5.65 Å². The highest BCUT2D eigenvalue weighted by Crippen LogP contribution is 2.19. The predicted molar refractivity (Wildman–Crippen MR) is 83.1 cm³/mol. The van der Waals surface area contributed by atoms with Crippen molar-refractivity contribution in [3.63, 3.8) is 0 Å². The summed E-state index contributed by atoms with van der Waals surface area (Å²) in [5.41, 5.74) is 5.43. The van der Waals surface area contributed by atoms with E-state index in [2.05, 4.69) is 30.5 Å². The van der Waals surface area contributed by atoms with Crippen LogP contribution in [0, 0.1) is 12.7 Å². The van der Waals surface area contributed by atoms with E-state index in [-0.39, 0.29) is 5.82 Å². The van der Waals surface area contributed by atoms with Gasteiger partial charge in [0.2, 0.25) is 0 Å². The first-order chi connectivity index (χ1) is 10.2. The Balaban J connectivity index is 2.10. The molecule has 0 aliphatic rings. The van der Waals surface area contributed by atoms with Crippen LogP contribution in [0.4, 0.5) is 4.39 Å². The Hall–Kier alpha value is -2.16. The molecule has 0 bridgehead atoms. The SMILES string of the molecule is CCCc1nc2ccc(C)cn2c1Cc1cccc(F)c1. The number of nitrogens with zero attached hydrogens (tertiary/aromatic N) is 2. The number of fused-ring (bicyclic) bond motifs is 1. The Labute approximate surface area is 124 Å². The fourth-order valence-corrected chi connectivity index (χ4v) is 2.71. The molecule has 0 atom stereocenters. The molecule has 3 heteroatoms. The maximum atomic E-state index is 13.4. The lowest BCUT2D eigenvalue weighted by Crippen LogP contribution is -1.99. The molecule has 1 aromatic carbocycles. The van der Waals surface area contributed by atoms with Gasteiger partial charge in [0.05, 0.1) is 11.4 Å². The Morgan fingerprint density at radius 2 is 2.05 bits per heavy atom. The number of rotatable bonds is 4. The van der Waals surface area contributed by atoms with Crippen molar-refractivity contribution in [2.24, 2.45) is 0 Å². The summed E-state index contributed by atoms with van der Waals surface area (Å²) in [7, 11) is 0. The molecule has 0 aliphatic heterocycles. The third-order valence-electron chi connectivity index (χ3n) is 3.70. The number of imidazole rings is 1. The zero-order valence-corrected chi connectivity index (χ0v) is 12.4. The van der Waals surface area contributed by atoms with Crippen molar-refractivity contribution < 1.29 is 4.39 Å². The minimum absolute atomic E-state index is 0.186. The number of hydrogen-bond donors (Lipinski definition) is 0. The normalized spacial score (nSPS) is 11.2.